The fourth-order valence-corrected chi connectivity index (χ4v) is 2.77. The first-order valence-electron chi connectivity index (χ1n) is 7.64. The van der Waals surface area contributed by atoms with Crippen LogP contribution in [0.1, 0.15) is 29.3 Å². The van der Waals surface area contributed by atoms with E-state index < -0.39 is 29.7 Å². The highest BCUT2D eigenvalue weighted by molar-refractivity contribution is 5.96. The third-order valence-electron chi connectivity index (χ3n) is 4.19. The first-order chi connectivity index (χ1) is 11.2. The second kappa shape index (κ2) is 7.21. The fourth-order valence-electron chi connectivity index (χ4n) is 2.77. The second-order valence-electron chi connectivity index (χ2n) is 5.74. The van der Waals surface area contributed by atoms with Crippen LogP contribution in [0.3, 0.4) is 0 Å². The van der Waals surface area contributed by atoms with Gasteiger partial charge in [0, 0.05) is 26.2 Å². The number of carboxylic acids is 1. The molecule has 132 valence electrons. The molecule has 0 aromatic heterocycles. The van der Waals surface area contributed by atoms with Crippen molar-refractivity contribution < 1.29 is 27.9 Å². The monoisotopic (exact) mass is 344 g/mol. The number of carbonyl (C=O) groups is 2. The number of halogens is 3. The van der Waals surface area contributed by atoms with Gasteiger partial charge in [-0.2, -0.15) is 13.2 Å². The predicted molar refractivity (Wildman–Crippen MR) is 80.6 cm³/mol. The molecule has 1 aliphatic rings. The van der Waals surface area contributed by atoms with Crippen LogP contribution in [-0.2, 0) is 11.0 Å². The molecule has 1 heterocycles. The van der Waals surface area contributed by atoms with Crippen LogP contribution in [-0.4, -0.2) is 59.0 Å². The van der Waals surface area contributed by atoms with Crippen LogP contribution in [0.25, 0.3) is 0 Å². The van der Waals surface area contributed by atoms with E-state index in [1.54, 1.807) is 11.8 Å². The van der Waals surface area contributed by atoms with E-state index in [2.05, 4.69) is 0 Å². The summed E-state index contributed by atoms with van der Waals surface area (Å²) >= 11 is 0. The van der Waals surface area contributed by atoms with E-state index in [9.17, 15) is 22.8 Å². The average molecular weight is 344 g/mol. The lowest BCUT2D eigenvalue weighted by Gasteiger charge is -2.25. The normalized spacial score (nSPS) is 18.1. The zero-order chi connectivity index (χ0) is 17.9. The van der Waals surface area contributed by atoms with Gasteiger partial charge in [-0.25, -0.2) is 0 Å². The molecule has 0 saturated carbocycles. The van der Waals surface area contributed by atoms with Crippen molar-refractivity contribution in [3.05, 3.63) is 35.4 Å². The molecule has 0 spiro atoms. The van der Waals surface area contributed by atoms with Crippen molar-refractivity contribution in [2.45, 2.75) is 25.6 Å². The number of hydrogen-bond donors (Lipinski definition) is 1. The number of amides is 1. The highest BCUT2D eigenvalue weighted by atomic mass is 19.4. The number of carbonyl (C=O) groups excluding carboxylic acids is 1. The summed E-state index contributed by atoms with van der Waals surface area (Å²) in [6.45, 7) is 2.85. The number of nitrogens with zero attached hydrogens (tertiary/aromatic N) is 2. The summed E-state index contributed by atoms with van der Waals surface area (Å²) in [7, 11) is 0. The molecule has 5 nitrogen and oxygen atoms in total. The summed E-state index contributed by atoms with van der Waals surface area (Å²) in [4.78, 5) is 26.7. The van der Waals surface area contributed by atoms with Gasteiger partial charge in [-0.15, -0.1) is 0 Å². The van der Waals surface area contributed by atoms with Gasteiger partial charge in [0.25, 0.3) is 5.91 Å². The van der Waals surface area contributed by atoms with Crippen molar-refractivity contribution in [3.8, 4) is 0 Å². The van der Waals surface area contributed by atoms with Crippen molar-refractivity contribution >= 4 is 11.9 Å². The van der Waals surface area contributed by atoms with Crippen LogP contribution in [0, 0.1) is 0 Å². The number of aliphatic carboxylic acids is 1. The number of alkyl halides is 3. The van der Waals surface area contributed by atoms with Crippen LogP contribution in [0.4, 0.5) is 13.2 Å². The van der Waals surface area contributed by atoms with E-state index in [1.165, 1.54) is 23.1 Å². The van der Waals surface area contributed by atoms with Crippen LogP contribution in [0.5, 0.6) is 0 Å². The number of rotatable bonds is 3. The van der Waals surface area contributed by atoms with E-state index >= 15 is 0 Å². The van der Waals surface area contributed by atoms with Gasteiger partial charge in [-0.3, -0.25) is 14.5 Å². The topological polar surface area (TPSA) is 60.9 Å². The molecule has 1 aromatic rings. The number of carboxylic acid groups (broad SMARTS) is 1. The summed E-state index contributed by atoms with van der Waals surface area (Å²) < 4.78 is 39.2. The third-order valence-corrected chi connectivity index (χ3v) is 4.19. The second-order valence-corrected chi connectivity index (χ2v) is 5.74. The minimum atomic E-state index is -4.60. The van der Waals surface area contributed by atoms with Crippen LogP contribution in [0.2, 0.25) is 0 Å². The molecule has 8 heteroatoms. The molecule has 1 saturated heterocycles. The van der Waals surface area contributed by atoms with Crippen molar-refractivity contribution in [2.24, 2.45) is 0 Å². The Kier molecular flexibility index (Phi) is 5.48. The first kappa shape index (κ1) is 18.3. The highest BCUT2D eigenvalue weighted by Crippen LogP contribution is 2.32. The van der Waals surface area contributed by atoms with Gasteiger partial charge in [0.05, 0.1) is 11.1 Å². The molecule has 1 N–H and O–H groups in total. The van der Waals surface area contributed by atoms with E-state index in [0.29, 0.717) is 26.1 Å². The van der Waals surface area contributed by atoms with Crippen molar-refractivity contribution in [1.82, 2.24) is 9.80 Å². The molecule has 24 heavy (non-hydrogen) atoms. The van der Waals surface area contributed by atoms with Gasteiger partial charge < -0.3 is 10.0 Å². The molecule has 1 atom stereocenters. The standard InChI is InChI=1S/C16H19F3N2O3/c1-11(15(23)24)20-7-4-8-21(10-9-20)14(22)12-5-2-3-6-13(12)16(17,18)19/h2-3,5-6,11H,4,7-10H2,1H3,(H,23,24)/t11-/m1/s1. The maximum atomic E-state index is 13.1. The Morgan fingerprint density at radius 1 is 1.12 bits per heavy atom. The maximum Gasteiger partial charge on any atom is 0.417 e. The van der Waals surface area contributed by atoms with Crippen LogP contribution >= 0.6 is 0 Å². The summed E-state index contributed by atoms with van der Waals surface area (Å²) in [5.74, 6) is -1.63. The molecule has 0 bridgehead atoms. The quantitative estimate of drug-likeness (QED) is 0.914. The fraction of sp³-hybridized carbons (Fsp3) is 0.500. The van der Waals surface area contributed by atoms with Gasteiger partial charge in [-0.05, 0) is 25.5 Å². The summed E-state index contributed by atoms with van der Waals surface area (Å²) in [6.07, 6.45) is -4.08. The van der Waals surface area contributed by atoms with Gasteiger partial charge in [0.2, 0.25) is 0 Å². The van der Waals surface area contributed by atoms with Crippen LogP contribution in [0.15, 0.2) is 24.3 Å². The number of benzene rings is 1. The smallest absolute Gasteiger partial charge is 0.417 e. The summed E-state index contributed by atoms with van der Waals surface area (Å²) in [6, 6.07) is 4.03. The van der Waals surface area contributed by atoms with Crippen molar-refractivity contribution in [2.75, 3.05) is 26.2 Å². The van der Waals surface area contributed by atoms with Gasteiger partial charge in [0.15, 0.2) is 0 Å². The van der Waals surface area contributed by atoms with E-state index in [-0.39, 0.29) is 12.1 Å². The molecular weight excluding hydrogens is 325 g/mol. The Hall–Kier alpha value is -2.09. The molecule has 1 amide bonds. The Bertz CT molecular complexity index is 619. The van der Waals surface area contributed by atoms with Crippen LogP contribution < -0.4 is 0 Å². The molecule has 0 unspecified atom stereocenters. The maximum absolute atomic E-state index is 13.1. The van der Waals surface area contributed by atoms with E-state index in [0.717, 1.165) is 6.07 Å². The lowest BCUT2D eigenvalue weighted by atomic mass is 10.1. The average Bonchev–Trinajstić information content (AvgIpc) is 2.78. The minimum absolute atomic E-state index is 0.197. The van der Waals surface area contributed by atoms with Crippen molar-refractivity contribution in [3.63, 3.8) is 0 Å². The molecule has 0 radical (unpaired) electrons. The molecular formula is C16H19F3N2O3. The lowest BCUT2D eigenvalue weighted by Crippen LogP contribution is -2.42. The molecule has 2 rings (SSSR count). The van der Waals surface area contributed by atoms with E-state index in [4.69, 9.17) is 5.11 Å². The highest BCUT2D eigenvalue weighted by Gasteiger charge is 2.36. The molecule has 1 fully saturated rings. The molecule has 1 aliphatic heterocycles. The zero-order valence-corrected chi connectivity index (χ0v) is 13.2. The predicted octanol–water partition coefficient (Wildman–Crippen LogP) is 2.33. The molecule has 0 aliphatic carbocycles. The summed E-state index contributed by atoms with van der Waals surface area (Å²) in [5, 5.41) is 9.06. The Labute approximate surface area is 137 Å². The summed E-state index contributed by atoms with van der Waals surface area (Å²) in [5.41, 5.74) is -1.32. The minimum Gasteiger partial charge on any atom is -0.480 e. The third kappa shape index (κ3) is 4.05. The van der Waals surface area contributed by atoms with E-state index in [1.807, 2.05) is 0 Å². The zero-order valence-electron chi connectivity index (χ0n) is 13.2. The largest absolute Gasteiger partial charge is 0.480 e. The first-order valence-corrected chi connectivity index (χ1v) is 7.64. The molecule has 1 aromatic carbocycles. The van der Waals surface area contributed by atoms with Gasteiger partial charge in [0.1, 0.15) is 6.04 Å². The van der Waals surface area contributed by atoms with Crippen molar-refractivity contribution in [1.29, 1.82) is 0 Å². The Morgan fingerprint density at radius 3 is 2.42 bits per heavy atom. The van der Waals surface area contributed by atoms with Gasteiger partial charge >= 0.3 is 12.1 Å². The van der Waals surface area contributed by atoms with Gasteiger partial charge in [-0.1, -0.05) is 12.1 Å². The lowest BCUT2D eigenvalue weighted by molar-refractivity contribution is -0.142. The SMILES string of the molecule is C[C@H](C(=O)O)N1CCCN(C(=O)c2ccccc2C(F)(F)F)CC1. The Morgan fingerprint density at radius 2 is 1.79 bits per heavy atom. The number of hydrogen-bond acceptors (Lipinski definition) is 3. The Balaban J connectivity index is 2.16.